The van der Waals surface area contributed by atoms with Crippen molar-refractivity contribution in [3.8, 4) is 23.3 Å². The normalized spacial score (nSPS) is 13.2. The molecule has 1 aliphatic heterocycles. The minimum Gasteiger partial charge on any atom is -0.486 e. The Morgan fingerprint density at radius 2 is 1.87 bits per heavy atom. The number of anilines is 1. The van der Waals surface area contributed by atoms with Crippen molar-refractivity contribution in [1.82, 2.24) is 0 Å². The monoisotopic (exact) mass is 435 g/mol. The maximum absolute atomic E-state index is 12.6. The Labute approximate surface area is 172 Å². The molecule has 0 atom stereocenters. The molecule has 0 fully saturated rings. The highest BCUT2D eigenvalue weighted by molar-refractivity contribution is 6.10. The van der Waals surface area contributed by atoms with Gasteiger partial charge in [-0.15, -0.1) is 13.2 Å². The van der Waals surface area contributed by atoms with E-state index in [1.807, 2.05) is 0 Å². The van der Waals surface area contributed by atoms with E-state index in [4.69, 9.17) is 9.47 Å². The van der Waals surface area contributed by atoms with Crippen LogP contribution in [0.1, 0.15) is 5.56 Å². The van der Waals surface area contributed by atoms with Crippen molar-refractivity contribution in [3.05, 3.63) is 57.6 Å². The Hall–Kier alpha value is -4.27. The van der Waals surface area contributed by atoms with Gasteiger partial charge >= 0.3 is 6.36 Å². The summed E-state index contributed by atoms with van der Waals surface area (Å²) in [5.74, 6) is -1.44. The highest BCUT2D eigenvalue weighted by atomic mass is 19.4. The number of ether oxygens (including phenoxy) is 3. The van der Waals surface area contributed by atoms with Crippen LogP contribution in [0.15, 0.2) is 42.0 Å². The van der Waals surface area contributed by atoms with E-state index in [1.165, 1.54) is 24.3 Å². The van der Waals surface area contributed by atoms with Gasteiger partial charge in [-0.3, -0.25) is 14.9 Å². The van der Waals surface area contributed by atoms with Crippen LogP contribution in [0.5, 0.6) is 17.2 Å². The van der Waals surface area contributed by atoms with E-state index < -0.39 is 34.2 Å². The minimum absolute atomic E-state index is 0.116. The summed E-state index contributed by atoms with van der Waals surface area (Å²) in [7, 11) is 0. The molecule has 0 saturated heterocycles. The van der Waals surface area contributed by atoms with Gasteiger partial charge in [-0.1, -0.05) is 18.2 Å². The zero-order valence-electron chi connectivity index (χ0n) is 15.4. The number of hydrogen-bond acceptors (Lipinski definition) is 7. The maximum atomic E-state index is 12.6. The van der Waals surface area contributed by atoms with E-state index in [0.717, 1.165) is 18.2 Å². The van der Waals surface area contributed by atoms with Crippen LogP contribution in [0, 0.1) is 21.4 Å². The van der Waals surface area contributed by atoms with E-state index in [2.05, 4.69) is 10.1 Å². The summed E-state index contributed by atoms with van der Waals surface area (Å²) < 4.78 is 52.2. The van der Waals surface area contributed by atoms with Gasteiger partial charge in [0.25, 0.3) is 11.6 Å². The summed E-state index contributed by atoms with van der Waals surface area (Å²) in [5.41, 5.74) is -1.60. The van der Waals surface area contributed by atoms with E-state index in [0.29, 0.717) is 0 Å². The van der Waals surface area contributed by atoms with Crippen LogP contribution >= 0.6 is 0 Å². The van der Waals surface area contributed by atoms with E-state index in [-0.39, 0.29) is 36.0 Å². The number of nitro groups is 1. The standard InChI is InChI=1S/C19H12F3N3O6/c20-19(21,22)31-15-4-2-1-3-11(15)7-12(10-23)18(26)24-13-8-16-17(30-6-5-29-16)9-14(13)25(27)28/h1-4,7-9H,5-6H2,(H,24,26)/b12-7+. The van der Waals surface area contributed by atoms with Crippen molar-refractivity contribution < 1.29 is 37.1 Å². The van der Waals surface area contributed by atoms with Crippen LogP contribution in [0.2, 0.25) is 0 Å². The number of rotatable bonds is 5. The van der Waals surface area contributed by atoms with Gasteiger partial charge in [-0.05, 0) is 12.1 Å². The third-order valence-electron chi connectivity index (χ3n) is 3.92. The fourth-order valence-electron chi connectivity index (χ4n) is 2.64. The highest BCUT2D eigenvalue weighted by Gasteiger charge is 2.32. The summed E-state index contributed by atoms with van der Waals surface area (Å²) in [4.78, 5) is 23.1. The minimum atomic E-state index is -4.98. The average Bonchev–Trinajstić information content (AvgIpc) is 2.71. The van der Waals surface area contributed by atoms with Gasteiger partial charge in [0.05, 0.1) is 11.0 Å². The number of carbonyl (C=O) groups is 1. The largest absolute Gasteiger partial charge is 0.573 e. The number of carbonyl (C=O) groups excluding carboxylic acids is 1. The van der Waals surface area contributed by atoms with Gasteiger partial charge in [-0.25, -0.2) is 0 Å². The molecule has 0 bridgehead atoms. The van der Waals surface area contributed by atoms with Gasteiger partial charge in [0.1, 0.15) is 36.3 Å². The molecule has 0 aliphatic carbocycles. The lowest BCUT2D eigenvalue weighted by Gasteiger charge is -2.19. The van der Waals surface area contributed by atoms with Gasteiger partial charge in [0.2, 0.25) is 0 Å². The molecule has 0 unspecified atom stereocenters. The number of nitrogens with one attached hydrogen (secondary N) is 1. The Morgan fingerprint density at radius 1 is 1.23 bits per heavy atom. The first-order valence-electron chi connectivity index (χ1n) is 8.54. The highest BCUT2D eigenvalue weighted by Crippen LogP contribution is 2.39. The molecule has 0 spiro atoms. The van der Waals surface area contributed by atoms with Crippen LogP contribution in [0.3, 0.4) is 0 Å². The molecule has 12 heteroatoms. The molecule has 0 aromatic heterocycles. The van der Waals surface area contributed by atoms with Crippen molar-refractivity contribution in [2.75, 3.05) is 18.5 Å². The van der Waals surface area contributed by atoms with Gasteiger partial charge < -0.3 is 19.5 Å². The van der Waals surface area contributed by atoms with Gasteiger partial charge in [-0.2, -0.15) is 5.26 Å². The Bertz CT molecular complexity index is 1110. The quantitative estimate of drug-likeness (QED) is 0.328. The molecule has 1 N–H and O–H groups in total. The first-order chi connectivity index (χ1) is 14.7. The van der Waals surface area contributed by atoms with Crippen LogP contribution < -0.4 is 19.5 Å². The molecule has 0 saturated carbocycles. The van der Waals surface area contributed by atoms with Crippen molar-refractivity contribution >= 4 is 23.4 Å². The second kappa shape index (κ2) is 8.62. The summed E-state index contributed by atoms with van der Waals surface area (Å²) in [6.45, 7) is 0.383. The van der Waals surface area contributed by atoms with E-state index in [1.54, 1.807) is 6.07 Å². The predicted octanol–water partition coefficient (Wildman–Crippen LogP) is 3.81. The summed E-state index contributed by atoms with van der Waals surface area (Å²) in [5, 5.41) is 22.9. The lowest BCUT2D eigenvalue weighted by molar-refractivity contribution is -0.384. The lowest BCUT2D eigenvalue weighted by atomic mass is 10.1. The number of nitro benzene ring substituents is 1. The van der Waals surface area contributed by atoms with Crippen molar-refractivity contribution in [3.63, 3.8) is 0 Å². The molecule has 1 aliphatic rings. The maximum Gasteiger partial charge on any atom is 0.573 e. The number of fused-ring (bicyclic) bond motifs is 1. The Kier molecular flexibility index (Phi) is 5.96. The van der Waals surface area contributed by atoms with Crippen LogP contribution in [0.25, 0.3) is 6.08 Å². The number of nitriles is 1. The number of hydrogen-bond donors (Lipinski definition) is 1. The molecule has 31 heavy (non-hydrogen) atoms. The molecule has 160 valence electrons. The first kappa shape index (κ1) is 21.4. The molecule has 1 heterocycles. The van der Waals surface area contributed by atoms with E-state index in [9.17, 15) is 33.3 Å². The molecule has 0 radical (unpaired) electrons. The summed E-state index contributed by atoms with van der Waals surface area (Å²) in [6.07, 6.45) is -4.11. The first-order valence-corrected chi connectivity index (χ1v) is 8.54. The predicted molar refractivity (Wildman–Crippen MR) is 99.4 cm³/mol. The van der Waals surface area contributed by atoms with Crippen molar-refractivity contribution in [2.24, 2.45) is 0 Å². The Morgan fingerprint density at radius 3 is 2.48 bits per heavy atom. The van der Waals surface area contributed by atoms with Crippen molar-refractivity contribution in [2.45, 2.75) is 6.36 Å². The molecule has 3 rings (SSSR count). The molecule has 9 nitrogen and oxygen atoms in total. The third-order valence-corrected chi connectivity index (χ3v) is 3.92. The number of amides is 1. The molecule has 2 aromatic rings. The molecular formula is C19H12F3N3O6. The smallest absolute Gasteiger partial charge is 0.486 e. The fraction of sp³-hybridized carbons (Fsp3) is 0.158. The Balaban J connectivity index is 1.93. The fourth-order valence-corrected chi connectivity index (χ4v) is 2.64. The average molecular weight is 435 g/mol. The summed E-state index contributed by atoms with van der Waals surface area (Å²) >= 11 is 0. The number of nitrogens with zero attached hydrogens (tertiary/aromatic N) is 2. The van der Waals surface area contributed by atoms with Crippen LogP contribution in [-0.2, 0) is 4.79 Å². The summed E-state index contributed by atoms with van der Waals surface area (Å²) in [6, 6.07) is 8.67. The number of alkyl halides is 3. The second-order valence-corrected chi connectivity index (χ2v) is 5.98. The zero-order chi connectivity index (χ0) is 22.6. The SMILES string of the molecule is N#C/C(=C\c1ccccc1OC(F)(F)F)C(=O)Nc1cc2c(cc1[N+](=O)[O-])OCCO2. The van der Waals surface area contributed by atoms with Crippen molar-refractivity contribution in [1.29, 1.82) is 5.26 Å². The van der Waals surface area contributed by atoms with Gasteiger partial charge in [0.15, 0.2) is 11.5 Å². The topological polar surface area (TPSA) is 124 Å². The zero-order valence-corrected chi connectivity index (χ0v) is 15.4. The number of para-hydroxylation sites is 1. The number of benzene rings is 2. The lowest BCUT2D eigenvalue weighted by Crippen LogP contribution is -2.18. The molecule has 1 amide bonds. The number of halogens is 3. The second-order valence-electron chi connectivity index (χ2n) is 5.98. The van der Waals surface area contributed by atoms with Gasteiger partial charge in [0, 0.05) is 11.6 Å². The third kappa shape index (κ3) is 5.21. The van der Waals surface area contributed by atoms with E-state index >= 15 is 0 Å². The van der Waals surface area contributed by atoms with Crippen LogP contribution in [-0.4, -0.2) is 30.4 Å². The molecule has 2 aromatic carbocycles. The van der Waals surface area contributed by atoms with Crippen LogP contribution in [0.4, 0.5) is 24.5 Å². The molecular weight excluding hydrogens is 423 g/mol.